The van der Waals surface area contributed by atoms with E-state index in [0.29, 0.717) is 11.4 Å². The first kappa shape index (κ1) is 14.3. The van der Waals surface area contributed by atoms with E-state index >= 15 is 0 Å². The van der Waals surface area contributed by atoms with Crippen LogP contribution in [0.2, 0.25) is 0 Å². The second-order valence-electron chi connectivity index (χ2n) is 4.94. The van der Waals surface area contributed by atoms with Gasteiger partial charge < -0.3 is 20.1 Å². The molecule has 1 saturated heterocycles. The topological polar surface area (TPSA) is 78.9 Å². The van der Waals surface area contributed by atoms with Gasteiger partial charge in [-0.15, -0.1) is 0 Å². The molecular formula is C14H18N2O4. The summed E-state index contributed by atoms with van der Waals surface area (Å²) in [6, 6.07) is 6.68. The fourth-order valence-electron chi connectivity index (χ4n) is 2.17. The lowest BCUT2D eigenvalue weighted by molar-refractivity contribution is -0.139. The predicted molar refractivity (Wildman–Crippen MR) is 73.8 cm³/mol. The average Bonchev–Trinajstić information content (AvgIpc) is 2.85. The Morgan fingerprint density at radius 2 is 2.10 bits per heavy atom. The first-order chi connectivity index (χ1) is 9.54. The first-order valence-electron chi connectivity index (χ1n) is 6.48. The quantitative estimate of drug-likeness (QED) is 0.841. The lowest BCUT2D eigenvalue weighted by Crippen LogP contribution is -2.25. The number of carboxylic acid groups (broad SMARTS) is 1. The number of anilines is 1. The molecule has 1 aliphatic heterocycles. The second-order valence-corrected chi connectivity index (χ2v) is 4.94. The molecule has 0 bridgehead atoms. The van der Waals surface area contributed by atoms with Crippen LogP contribution in [0.4, 0.5) is 5.69 Å². The van der Waals surface area contributed by atoms with Gasteiger partial charge >= 0.3 is 5.97 Å². The van der Waals surface area contributed by atoms with Crippen molar-refractivity contribution in [2.75, 3.05) is 32.1 Å². The lowest BCUT2D eigenvalue weighted by Gasteiger charge is -2.11. The van der Waals surface area contributed by atoms with Crippen molar-refractivity contribution in [2.24, 2.45) is 5.92 Å². The summed E-state index contributed by atoms with van der Waals surface area (Å²) in [4.78, 5) is 24.5. The number of likely N-dealkylation sites (tertiary alicyclic amines) is 1. The molecule has 108 valence electrons. The SMILES string of the molecule is CN1CCC(C(=O)Nc2ccc(OCC(=O)O)cc2)C1. The molecule has 6 heteroatoms. The molecule has 1 aliphatic rings. The van der Waals surface area contributed by atoms with E-state index in [1.54, 1.807) is 24.3 Å². The van der Waals surface area contributed by atoms with Gasteiger partial charge in [-0.3, -0.25) is 4.79 Å². The second kappa shape index (κ2) is 6.38. The highest BCUT2D eigenvalue weighted by Gasteiger charge is 2.25. The standard InChI is InChI=1S/C14H18N2O4/c1-16-7-6-10(8-16)14(19)15-11-2-4-12(5-3-11)20-9-13(17)18/h2-5,10H,6-9H2,1H3,(H,15,19)(H,17,18). The van der Waals surface area contributed by atoms with Gasteiger partial charge in [0.25, 0.3) is 0 Å². The van der Waals surface area contributed by atoms with Crippen molar-refractivity contribution in [3.8, 4) is 5.75 Å². The van der Waals surface area contributed by atoms with E-state index in [-0.39, 0.29) is 18.4 Å². The number of rotatable bonds is 5. The van der Waals surface area contributed by atoms with E-state index in [0.717, 1.165) is 19.5 Å². The third-order valence-corrected chi connectivity index (χ3v) is 3.25. The number of benzene rings is 1. The van der Waals surface area contributed by atoms with Crippen molar-refractivity contribution in [3.63, 3.8) is 0 Å². The van der Waals surface area contributed by atoms with E-state index in [9.17, 15) is 9.59 Å². The average molecular weight is 278 g/mol. The van der Waals surface area contributed by atoms with Crippen LogP contribution in [0.3, 0.4) is 0 Å². The van der Waals surface area contributed by atoms with Crippen LogP contribution in [0.1, 0.15) is 6.42 Å². The summed E-state index contributed by atoms with van der Waals surface area (Å²) in [6.45, 7) is 1.35. The number of ether oxygens (including phenoxy) is 1. The van der Waals surface area contributed by atoms with Crippen LogP contribution in [-0.4, -0.2) is 48.6 Å². The third kappa shape index (κ3) is 3.96. The number of hydrogen-bond acceptors (Lipinski definition) is 4. The Morgan fingerprint density at radius 1 is 1.40 bits per heavy atom. The normalized spacial score (nSPS) is 18.8. The Balaban J connectivity index is 1.87. The summed E-state index contributed by atoms with van der Waals surface area (Å²) in [5.74, 6) is -0.504. The van der Waals surface area contributed by atoms with Gasteiger partial charge in [0.05, 0.1) is 5.92 Å². The maximum Gasteiger partial charge on any atom is 0.341 e. The maximum atomic E-state index is 12.0. The number of nitrogens with zero attached hydrogens (tertiary/aromatic N) is 1. The van der Waals surface area contributed by atoms with Crippen LogP contribution in [-0.2, 0) is 9.59 Å². The largest absolute Gasteiger partial charge is 0.482 e. The van der Waals surface area contributed by atoms with Gasteiger partial charge in [-0.25, -0.2) is 4.79 Å². The van der Waals surface area contributed by atoms with Crippen LogP contribution >= 0.6 is 0 Å². The molecule has 2 rings (SSSR count). The fourth-order valence-corrected chi connectivity index (χ4v) is 2.17. The minimum absolute atomic E-state index is 0.0218. The molecule has 1 unspecified atom stereocenters. The molecule has 1 heterocycles. The Labute approximate surface area is 117 Å². The summed E-state index contributed by atoms with van der Waals surface area (Å²) in [5.41, 5.74) is 0.687. The molecule has 20 heavy (non-hydrogen) atoms. The molecule has 2 N–H and O–H groups in total. The summed E-state index contributed by atoms with van der Waals surface area (Å²) < 4.78 is 5.02. The lowest BCUT2D eigenvalue weighted by atomic mass is 10.1. The number of hydrogen-bond donors (Lipinski definition) is 2. The molecule has 1 aromatic rings. The molecule has 0 spiro atoms. The highest BCUT2D eigenvalue weighted by atomic mass is 16.5. The van der Waals surface area contributed by atoms with Crippen molar-refractivity contribution >= 4 is 17.6 Å². The van der Waals surface area contributed by atoms with Crippen LogP contribution in [0.15, 0.2) is 24.3 Å². The maximum absolute atomic E-state index is 12.0. The molecule has 1 fully saturated rings. The predicted octanol–water partition coefficient (Wildman–Crippen LogP) is 1.04. The molecule has 1 aromatic carbocycles. The minimum Gasteiger partial charge on any atom is -0.482 e. The van der Waals surface area contributed by atoms with E-state index in [1.807, 2.05) is 7.05 Å². The minimum atomic E-state index is -1.02. The van der Waals surface area contributed by atoms with Crippen molar-refractivity contribution in [3.05, 3.63) is 24.3 Å². The molecule has 0 aromatic heterocycles. The van der Waals surface area contributed by atoms with Crippen molar-refractivity contribution in [1.29, 1.82) is 0 Å². The Morgan fingerprint density at radius 3 is 2.65 bits per heavy atom. The zero-order valence-corrected chi connectivity index (χ0v) is 11.3. The Kier molecular flexibility index (Phi) is 4.57. The van der Waals surface area contributed by atoms with Crippen LogP contribution in [0, 0.1) is 5.92 Å². The zero-order valence-electron chi connectivity index (χ0n) is 11.3. The highest BCUT2D eigenvalue weighted by Crippen LogP contribution is 2.19. The number of carboxylic acids is 1. The van der Waals surface area contributed by atoms with Crippen molar-refractivity contribution in [1.82, 2.24) is 4.90 Å². The molecule has 1 amide bonds. The number of amides is 1. The summed E-state index contributed by atoms with van der Waals surface area (Å²) in [6.07, 6.45) is 0.877. The van der Waals surface area contributed by atoms with Crippen LogP contribution in [0.25, 0.3) is 0 Å². The van der Waals surface area contributed by atoms with Gasteiger partial charge in [0, 0.05) is 12.2 Å². The molecule has 1 atom stereocenters. The van der Waals surface area contributed by atoms with Gasteiger partial charge in [-0.1, -0.05) is 0 Å². The molecule has 0 aliphatic carbocycles. The third-order valence-electron chi connectivity index (χ3n) is 3.25. The van der Waals surface area contributed by atoms with Gasteiger partial charge in [0.15, 0.2) is 6.61 Å². The van der Waals surface area contributed by atoms with Gasteiger partial charge in [-0.05, 0) is 44.3 Å². The summed E-state index contributed by atoms with van der Waals surface area (Å²) >= 11 is 0. The van der Waals surface area contributed by atoms with E-state index < -0.39 is 5.97 Å². The molecule has 6 nitrogen and oxygen atoms in total. The highest BCUT2D eigenvalue weighted by molar-refractivity contribution is 5.92. The van der Waals surface area contributed by atoms with Crippen LogP contribution < -0.4 is 10.1 Å². The fraction of sp³-hybridized carbons (Fsp3) is 0.429. The van der Waals surface area contributed by atoms with Crippen LogP contribution in [0.5, 0.6) is 5.75 Å². The van der Waals surface area contributed by atoms with E-state index in [4.69, 9.17) is 9.84 Å². The first-order valence-corrected chi connectivity index (χ1v) is 6.48. The number of carbonyl (C=O) groups excluding carboxylic acids is 1. The van der Waals surface area contributed by atoms with Gasteiger partial charge in [0.1, 0.15) is 5.75 Å². The smallest absolute Gasteiger partial charge is 0.341 e. The number of aliphatic carboxylic acids is 1. The van der Waals surface area contributed by atoms with Gasteiger partial charge in [-0.2, -0.15) is 0 Å². The molecule has 0 radical (unpaired) electrons. The Bertz CT molecular complexity index is 486. The molecular weight excluding hydrogens is 260 g/mol. The summed E-state index contributed by atoms with van der Waals surface area (Å²) in [5, 5.41) is 11.4. The van der Waals surface area contributed by atoms with Crippen molar-refractivity contribution < 1.29 is 19.4 Å². The zero-order chi connectivity index (χ0) is 14.5. The van der Waals surface area contributed by atoms with Crippen molar-refractivity contribution in [2.45, 2.75) is 6.42 Å². The molecule has 0 saturated carbocycles. The summed E-state index contributed by atoms with van der Waals surface area (Å²) in [7, 11) is 2.00. The van der Waals surface area contributed by atoms with E-state index in [2.05, 4.69) is 10.2 Å². The number of carbonyl (C=O) groups is 2. The Hall–Kier alpha value is -2.08. The monoisotopic (exact) mass is 278 g/mol. The van der Waals surface area contributed by atoms with Gasteiger partial charge in [0.2, 0.25) is 5.91 Å². The van der Waals surface area contributed by atoms with E-state index in [1.165, 1.54) is 0 Å². The number of nitrogens with one attached hydrogen (secondary N) is 1.